The van der Waals surface area contributed by atoms with Crippen LogP contribution < -0.4 is 4.90 Å². The SMILES string of the molecule is O=C(O)c1ccc2c(C3CCCCC3)c3n(c2c1)CC(C(=O)N1CCN(c2ccncc2)CC1)=CC1=C3C=C=C=C1. The number of hydrogen-bond donors (Lipinski definition) is 1. The Kier molecular flexibility index (Phi) is 6.47. The zero-order valence-corrected chi connectivity index (χ0v) is 23.0. The smallest absolute Gasteiger partial charge is 0.335 e. The summed E-state index contributed by atoms with van der Waals surface area (Å²) in [6.45, 7) is 3.17. The van der Waals surface area contributed by atoms with Crippen LogP contribution in [0.25, 0.3) is 16.5 Å². The van der Waals surface area contributed by atoms with Crippen LogP contribution in [0.4, 0.5) is 5.69 Å². The highest BCUT2D eigenvalue weighted by molar-refractivity contribution is 6.01. The second kappa shape index (κ2) is 10.4. The van der Waals surface area contributed by atoms with Gasteiger partial charge in [0, 0.05) is 66.3 Å². The molecule has 7 heteroatoms. The van der Waals surface area contributed by atoms with Crippen molar-refractivity contribution in [2.45, 2.75) is 44.6 Å². The summed E-state index contributed by atoms with van der Waals surface area (Å²) in [4.78, 5) is 34.4. The van der Waals surface area contributed by atoms with Crippen LogP contribution in [-0.4, -0.2) is 57.6 Å². The Morgan fingerprint density at radius 3 is 2.44 bits per heavy atom. The maximum Gasteiger partial charge on any atom is 0.335 e. The standard InChI is InChI=1S/C34H32N4O3/c39-33(37-18-16-36(17-19-37)27-12-14-35-15-13-27)26-20-24-8-4-5-9-28(24)32-31(23-6-2-1-3-7-23)29-11-10-25(34(40)41)21-30(29)38(32)22-26/h8-15,20-21,23H,1-3,6-7,16-19,22H2,(H,40,41). The fourth-order valence-corrected chi connectivity index (χ4v) is 6.95. The fourth-order valence-electron chi connectivity index (χ4n) is 6.95. The first-order chi connectivity index (χ1) is 20.1. The summed E-state index contributed by atoms with van der Waals surface area (Å²) < 4.78 is 2.20. The van der Waals surface area contributed by atoms with Crippen molar-refractivity contribution in [2.24, 2.45) is 0 Å². The molecule has 3 aromatic rings. The number of piperazine rings is 1. The molecule has 2 aromatic heterocycles. The Labute approximate surface area is 239 Å². The zero-order valence-electron chi connectivity index (χ0n) is 23.0. The summed E-state index contributed by atoms with van der Waals surface area (Å²) in [6, 6.07) is 9.49. The van der Waals surface area contributed by atoms with Crippen LogP contribution in [0.3, 0.4) is 0 Å². The molecule has 7 rings (SSSR count). The minimum absolute atomic E-state index is 0.0291. The lowest BCUT2D eigenvalue weighted by atomic mass is 9.81. The van der Waals surface area contributed by atoms with Gasteiger partial charge in [-0.15, -0.1) is 0 Å². The monoisotopic (exact) mass is 544 g/mol. The van der Waals surface area contributed by atoms with E-state index in [0.717, 1.165) is 59.4 Å². The van der Waals surface area contributed by atoms with E-state index in [9.17, 15) is 14.7 Å². The minimum atomic E-state index is -0.947. The van der Waals surface area contributed by atoms with Gasteiger partial charge in [-0.3, -0.25) is 9.78 Å². The second-order valence-electron chi connectivity index (χ2n) is 11.3. The minimum Gasteiger partial charge on any atom is -0.478 e. The van der Waals surface area contributed by atoms with Gasteiger partial charge in [0.2, 0.25) is 0 Å². The van der Waals surface area contributed by atoms with Crippen molar-refractivity contribution < 1.29 is 14.7 Å². The number of anilines is 1. The summed E-state index contributed by atoms with van der Waals surface area (Å²) in [7, 11) is 0. The van der Waals surface area contributed by atoms with Crippen molar-refractivity contribution in [3.8, 4) is 0 Å². The summed E-state index contributed by atoms with van der Waals surface area (Å²) in [6.07, 6.45) is 15.4. The molecule has 206 valence electrons. The van der Waals surface area contributed by atoms with Crippen LogP contribution in [0.2, 0.25) is 0 Å². The predicted octanol–water partition coefficient (Wildman–Crippen LogP) is 5.70. The van der Waals surface area contributed by atoms with E-state index in [1.807, 2.05) is 41.3 Å². The molecule has 0 spiro atoms. The van der Waals surface area contributed by atoms with E-state index < -0.39 is 5.97 Å². The first kappa shape index (κ1) is 25.4. The molecule has 4 heterocycles. The van der Waals surface area contributed by atoms with Crippen molar-refractivity contribution in [1.29, 1.82) is 0 Å². The van der Waals surface area contributed by atoms with Gasteiger partial charge in [-0.25, -0.2) is 4.79 Å². The lowest BCUT2D eigenvalue weighted by molar-refractivity contribution is -0.127. The lowest BCUT2D eigenvalue weighted by Gasteiger charge is -2.36. The average molecular weight is 545 g/mol. The van der Waals surface area contributed by atoms with E-state index in [2.05, 4.69) is 25.9 Å². The van der Waals surface area contributed by atoms with Crippen LogP contribution in [0, 0.1) is 0 Å². The molecular weight excluding hydrogens is 512 g/mol. The van der Waals surface area contributed by atoms with Gasteiger partial charge < -0.3 is 19.5 Å². The molecule has 7 nitrogen and oxygen atoms in total. The maximum absolute atomic E-state index is 14.1. The highest BCUT2D eigenvalue weighted by atomic mass is 16.4. The van der Waals surface area contributed by atoms with Crippen LogP contribution >= 0.6 is 0 Å². The molecule has 1 saturated carbocycles. The number of amides is 1. The fraction of sp³-hybridized carbons (Fsp3) is 0.324. The van der Waals surface area contributed by atoms with Gasteiger partial charge >= 0.3 is 5.97 Å². The van der Waals surface area contributed by atoms with E-state index in [0.29, 0.717) is 31.1 Å². The molecular formula is C34H32N4O3. The number of rotatable bonds is 4. The quantitative estimate of drug-likeness (QED) is 0.426. The van der Waals surface area contributed by atoms with E-state index in [1.54, 1.807) is 24.5 Å². The molecule has 2 aliphatic heterocycles. The molecule has 2 aliphatic carbocycles. The van der Waals surface area contributed by atoms with Crippen molar-refractivity contribution in [2.75, 3.05) is 31.1 Å². The second-order valence-corrected chi connectivity index (χ2v) is 11.3. The van der Waals surface area contributed by atoms with Crippen molar-refractivity contribution in [1.82, 2.24) is 14.5 Å². The highest BCUT2D eigenvalue weighted by Crippen LogP contribution is 2.45. The zero-order chi connectivity index (χ0) is 27.9. The summed E-state index contributed by atoms with van der Waals surface area (Å²) in [5.41, 5.74) is 13.6. The van der Waals surface area contributed by atoms with Gasteiger partial charge in [0.05, 0.1) is 17.8 Å². The number of allylic oxidation sites excluding steroid dienone is 5. The number of benzene rings is 1. The van der Waals surface area contributed by atoms with Gasteiger partial charge in [0.1, 0.15) is 0 Å². The third-order valence-electron chi connectivity index (χ3n) is 8.99. The number of aromatic carboxylic acids is 1. The number of carboxylic acid groups (broad SMARTS) is 1. The number of fused-ring (bicyclic) bond motifs is 4. The third kappa shape index (κ3) is 4.54. The predicted molar refractivity (Wildman–Crippen MR) is 159 cm³/mol. The molecule has 1 N–H and O–H groups in total. The van der Waals surface area contributed by atoms with Crippen LogP contribution in [0.15, 0.2) is 83.6 Å². The van der Waals surface area contributed by atoms with Gasteiger partial charge in [0.15, 0.2) is 0 Å². The van der Waals surface area contributed by atoms with E-state index in [-0.39, 0.29) is 11.5 Å². The number of hydrogen-bond acceptors (Lipinski definition) is 4. The van der Waals surface area contributed by atoms with Crippen LogP contribution in [-0.2, 0) is 11.3 Å². The van der Waals surface area contributed by atoms with Gasteiger partial charge in [0.25, 0.3) is 5.91 Å². The summed E-state index contributed by atoms with van der Waals surface area (Å²) >= 11 is 0. The average Bonchev–Trinajstić information content (AvgIpc) is 3.24. The molecule has 41 heavy (non-hydrogen) atoms. The number of nitrogens with zero attached hydrogens (tertiary/aromatic N) is 4. The highest BCUT2D eigenvalue weighted by Gasteiger charge is 2.32. The molecule has 1 amide bonds. The Bertz CT molecular complexity index is 1720. The van der Waals surface area contributed by atoms with Crippen LogP contribution in [0.5, 0.6) is 0 Å². The number of aromatic nitrogens is 2. The molecule has 1 aromatic carbocycles. The molecule has 0 atom stereocenters. The number of carbonyl (C=O) groups is 2. The molecule has 2 fully saturated rings. The lowest BCUT2D eigenvalue weighted by Crippen LogP contribution is -2.49. The molecule has 4 aliphatic rings. The first-order valence-electron chi connectivity index (χ1n) is 14.5. The Morgan fingerprint density at radius 1 is 0.927 bits per heavy atom. The van der Waals surface area contributed by atoms with Gasteiger partial charge in [-0.1, -0.05) is 36.8 Å². The summed E-state index contributed by atoms with van der Waals surface area (Å²) in [5, 5.41) is 10.9. The van der Waals surface area contributed by atoms with Crippen molar-refractivity contribution in [3.05, 3.63) is 100 Å². The van der Waals surface area contributed by atoms with E-state index in [1.165, 1.54) is 24.8 Å². The number of carboxylic acids is 1. The van der Waals surface area contributed by atoms with Gasteiger partial charge in [-0.2, -0.15) is 0 Å². The molecule has 1 saturated heterocycles. The number of pyridine rings is 1. The largest absolute Gasteiger partial charge is 0.478 e. The van der Waals surface area contributed by atoms with E-state index >= 15 is 0 Å². The Morgan fingerprint density at radius 2 is 1.68 bits per heavy atom. The normalized spacial score (nSPS) is 18.8. The van der Waals surface area contributed by atoms with Crippen LogP contribution in [0.1, 0.15) is 59.6 Å². The van der Waals surface area contributed by atoms with Gasteiger partial charge in [-0.05, 0) is 72.4 Å². The Balaban J connectivity index is 1.30. The van der Waals surface area contributed by atoms with E-state index in [4.69, 9.17) is 0 Å². The molecule has 0 radical (unpaired) electrons. The summed E-state index contributed by atoms with van der Waals surface area (Å²) in [5.74, 6) is -0.521. The first-order valence-corrected chi connectivity index (χ1v) is 14.5. The third-order valence-corrected chi connectivity index (χ3v) is 8.99. The number of carbonyl (C=O) groups excluding carboxylic acids is 1. The molecule has 0 unspecified atom stereocenters. The van der Waals surface area contributed by atoms with Crippen molar-refractivity contribution >= 4 is 34.0 Å². The maximum atomic E-state index is 14.1. The molecule has 0 bridgehead atoms. The van der Waals surface area contributed by atoms with Crippen molar-refractivity contribution in [3.63, 3.8) is 0 Å². The Hall–Kier alpha value is -4.57. The topological polar surface area (TPSA) is 78.7 Å².